The number of hydrogen-bond acceptors (Lipinski definition) is 4. The lowest BCUT2D eigenvalue weighted by Gasteiger charge is -2.23. The number of benzene rings is 2. The van der Waals surface area contributed by atoms with Crippen molar-refractivity contribution in [2.45, 2.75) is 45.1 Å². The minimum absolute atomic E-state index is 0.112. The van der Waals surface area contributed by atoms with E-state index in [2.05, 4.69) is 38.1 Å². The second kappa shape index (κ2) is 8.73. The van der Waals surface area contributed by atoms with Gasteiger partial charge < -0.3 is 4.74 Å². The molecule has 2 heterocycles. The monoisotopic (exact) mass is 459 g/mol. The van der Waals surface area contributed by atoms with E-state index in [1.807, 2.05) is 30.5 Å². The maximum Gasteiger partial charge on any atom is 0.166 e. The Kier molecular flexibility index (Phi) is 5.77. The maximum atomic E-state index is 13.1. The van der Waals surface area contributed by atoms with Crippen molar-refractivity contribution in [3.05, 3.63) is 87.8 Å². The molecule has 5 rings (SSSR count). The normalized spacial score (nSPS) is 15.9. The largest absolute Gasteiger partial charge is 0.378 e. The van der Waals surface area contributed by atoms with E-state index in [4.69, 9.17) is 26.4 Å². The van der Waals surface area contributed by atoms with Crippen LogP contribution in [0.5, 0.6) is 0 Å². The van der Waals surface area contributed by atoms with Gasteiger partial charge in [-0.05, 0) is 47.1 Å². The summed E-state index contributed by atoms with van der Waals surface area (Å²) in [6.07, 6.45) is 3.04. The van der Waals surface area contributed by atoms with E-state index in [1.165, 1.54) is 11.1 Å². The van der Waals surface area contributed by atoms with Gasteiger partial charge in [-0.15, -0.1) is 0 Å². The van der Waals surface area contributed by atoms with Gasteiger partial charge in [-0.25, -0.2) is 9.50 Å². The van der Waals surface area contributed by atoms with E-state index in [0.29, 0.717) is 29.5 Å². The molecule has 0 bridgehead atoms. The first-order chi connectivity index (χ1) is 15.9. The van der Waals surface area contributed by atoms with Crippen LogP contribution < -0.4 is 0 Å². The van der Waals surface area contributed by atoms with Crippen molar-refractivity contribution in [2.75, 3.05) is 7.11 Å². The molecule has 0 fully saturated rings. The van der Waals surface area contributed by atoms with Gasteiger partial charge in [0.1, 0.15) is 0 Å². The number of halogens is 1. The Hall–Kier alpha value is -3.02. The Labute approximate surface area is 198 Å². The van der Waals surface area contributed by atoms with Crippen molar-refractivity contribution in [2.24, 2.45) is 0 Å². The van der Waals surface area contributed by atoms with Gasteiger partial charge in [-0.2, -0.15) is 5.10 Å². The summed E-state index contributed by atoms with van der Waals surface area (Å²) in [6, 6.07) is 16.3. The van der Waals surface area contributed by atoms with Gasteiger partial charge in [0.05, 0.1) is 29.1 Å². The number of Topliss-reactive ketones (excluding diaryl/α,β-unsaturated/α-hetero) is 1. The van der Waals surface area contributed by atoms with Crippen LogP contribution in [0.3, 0.4) is 0 Å². The standard InChI is InChI=1S/C27H26ClN3O2/c1-16(2)17-4-6-18(7-5-17)20-12-23-22(25(32)13-20)14-31-27(29-23)26(24(30-31)15-33-3)19-8-10-21(28)11-9-19/h4-11,14,16,20H,12-13,15H2,1-3H3. The molecule has 0 N–H and O–H groups in total. The third-order valence-electron chi connectivity index (χ3n) is 6.42. The van der Waals surface area contributed by atoms with Crippen molar-refractivity contribution < 1.29 is 9.53 Å². The lowest BCUT2D eigenvalue weighted by Crippen LogP contribution is -2.21. The number of nitrogens with zero attached hydrogens (tertiary/aromatic N) is 3. The molecule has 2 aromatic heterocycles. The highest BCUT2D eigenvalue weighted by molar-refractivity contribution is 6.30. The highest BCUT2D eigenvalue weighted by Gasteiger charge is 2.29. The summed E-state index contributed by atoms with van der Waals surface area (Å²) < 4.78 is 7.11. The average molecular weight is 460 g/mol. The number of carbonyl (C=O) groups is 1. The van der Waals surface area contributed by atoms with E-state index in [1.54, 1.807) is 11.6 Å². The first-order valence-corrected chi connectivity index (χ1v) is 11.6. The molecule has 0 amide bonds. The number of ether oxygens (including phenoxy) is 1. The van der Waals surface area contributed by atoms with Crippen LogP contribution in [0.15, 0.2) is 54.7 Å². The van der Waals surface area contributed by atoms with Crippen molar-refractivity contribution in [1.29, 1.82) is 0 Å². The van der Waals surface area contributed by atoms with Gasteiger partial charge in [0, 0.05) is 24.8 Å². The van der Waals surface area contributed by atoms with Crippen LogP contribution in [0, 0.1) is 0 Å². The molecule has 5 nitrogen and oxygen atoms in total. The Bertz CT molecular complexity index is 1320. The van der Waals surface area contributed by atoms with Crippen LogP contribution in [-0.2, 0) is 17.8 Å². The fourth-order valence-corrected chi connectivity index (χ4v) is 4.75. The zero-order valence-electron chi connectivity index (χ0n) is 19.0. The van der Waals surface area contributed by atoms with E-state index < -0.39 is 0 Å². The molecule has 0 spiro atoms. The highest BCUT2D eigenvalue weighted by Crippen LogP contribution is 2.35. The van der Waals surface area contributed by atoms with Crippen LogP contribution in [0.4, 0.5) is 0 Å². The maximum absolute atomic E-state index is 13.1. The molecule has 168 valence electrons. The molecule has 0 saturated heterocycles. The van der Waals surface area contributed by atoms with Gasteiger partial charge in [0.15, 0.2) is 11.4 Å². The van der Waals surface area contributed by atoms with Crippen molar-refractivity contribution in [3.8, 4) is 11.1 Å². The minimum Gasteiger partial charge on any atom is -0.378 e. The Morgan fingerprint density at radius 3 is 2.48 bits per heavy atom. The summed E-state index contributed by atoms with van der Waals surface area (Å²) >= 11 is 6.11. The molecular formula is C27H26ClN3O2. The van der Waals surface area contributed by atoms with Gasteiger partial charge in [0.25, 0.3) is 0 Å². The van der Waals surface area contributed by atoms with Gasteiger partial charge in [-0.3, -0.25) is 4.79 Å². The van der Waals surface area contributed by atoms with Gasteiger partial charge in [-0.1, -0.05) is 61.8 Å². The number of carbonyl (C=O) groups excluding carboxylic acids is 1. The van der Waals surface area contributed by atoms with Crippen molar-refractivity contribution >= 4 is 23.0 Å². The molecule has 1 atom stereocenters. The molecule has 1 aliphatic rings. The zero-order valence-corrected chi connectivity index (χ0v) is 19.8. The van der Waals surface area contributed by atoms with Crippen molar-refractivity contribution in [1.82, 2.24) is 14.6 Å². The van der Waals surface area contributed by atoms with E-state index in [-0.39, 0.29) is 11.7 Å². The second-order valence-corrected chi connectivity index (χ2v) is 9.42. The van der Waals surface area contributed by atoms with E-state index >= 15 is 0 Å². The average Bonchev–Trinajstić information content (AvgIpc) is 3.15. The fourth-order valence-electron chi connectivity index (χ4n) is 4.62. The minimum atomic E-state index is 0.112. The first kappa shape index (κ1) is 21.8. The predicted octanol–water partition coefficient (Wildman–Crippen LogP) is 6.23. The van der Waals surface area contributed by atoms with Crippen LogP contribution in [-0.4, -0.2) is 27.5 Å². The van der Waals surface area contributed by atoms with E-state index in [9.17, 15) is 4.79 Å². The van der Waals surface area contributed by atoms with Crippen LogP contribution >= 0.6 is 11.6 Å². The van der Waals surface area contributed by atoms with Crippen LogP contribution in [0.1, 0.15) is 65.0 Å². The SMILES string of the molecule is COCc1nn2cc3c(nc2c1-c1ccc(Cl)cc1)CC(c1ccc(C(C)C)cc1)CC3=O. The molecule has 2 aromatic carbocycles. The highest BCUT2D eigenvalue weighted by atomic mass is 35.5. The molecule has 1 unspecified atom stereocenters. The van der Waals surface area contributed by atoms with E-state index in [0.717, 1.165) is 34.6 Å². The molecule has 1 aliphatic carbocycles. The molecule has 0 radical (unpaired) electrons. The summed E-state index contributed by atoms with van der Waals surface area (Å²) in [6.45, 7) is 4.73. The Balaban J connectivity index is 1.59. The van der Waals surface area contributed by atoms with Crippen LogP contribution in [0.25, 0.3) is 16.8 Å². The van der Waals surface area contributed by atoms with Crippen LogP contribution in [0.2, 0.25) is 5.02 Å². The number of aromatic nitrogens is 3. The number of ketones is 1. The predicted molar refractivity (Wildman–Crippen MR) is 130 cm³/mol. The summed E-state index contributed by atoms with van der Waals surface area (Å²) in [5.74, 6) is 0.721. The zero-order chi connectivity index (χ0) is 23.1. The second-order valence-electron chi connectivity index (χ2n) is 8.98. The summed E-state index contributed by atoms with van der Waals surface area (Å²) in [4.78, 5) is 18.1. The third kappa shape index (κ3) is 4.07. The quantitative estimate of drug-likeness (QED) is 0.355. The molecule has 0 saturated carbocycles. The molecule has 33 heavy (non-hydrogen) atoms. The Morgan fingerprint density at radius 2 is 1.82 bits per heavy atom. The Morgan fingerprint density at radius 1 is 1.09 bits per heavy atom. The lowest BCUT2D eigenvalue weighted by atomic mass is 9.81. The molecule has 0 aliphatic heterocycles. The number of rotatable bonds is 5. The lowest BCUT2D eigenvalue weighted by molar-refractivity contribution is 0.0962. The smallest absolute Gasteiger partial charge is 0.166 e. The number of fused-ring (bicyclic) bond motifs is 2. The van der Waals surface area contributed by atoms with Crippen molar-refractivity contribution in [3.63, 3.8) is 0 Å². The molecular weight excluding hydrogens is 434 g/mol. The topological polar surface area (TPSA) is 56.5 Å². The number of methoxy groups -OCH3 is 1. The fraction of sp³-hybridized carbons (Fsp3) is 0.296. The van der Waals surface area contributed by atoms with Gasteiger partial charge >= 0.3 is 0 Å². The molecule has 4 aromatic rings. The summed E-state index contributed by atoms with van der Waals surface area (Å²) in [5, 5.41) is 5.36. The summed E-state index contributed by atoms with van der Waals surface area (Å²) in [7, 11) is 1.65. The third-order valence-corrected chi connectivity index (χ3v) is 6.67. The van der Waals surface area contributed by atoms with Gasteiger partial charge in [0.2, 0.25) is 0 Å². The number of hydrogen-bond donors (Lipinski definition) is 0. The first-order valence-electron chi connectivity index (χ1n) is 11.2. The summed E-state index contributed by atoms with van der Waals surface area (Å²) in [5.41, 5.74) is 7.37. The molecule has 6 heteroatoms.